The smallest absolute Gasteiger partial charge is 0.258 e. The number of halogens is 1. The van der Waals surface area contributed by atoms with Gasteiger partial charge in [-0.15, -0.1) is 0 Å². The number of amides is 1. The van der Waals surface area contributed by atoms with Crippen LogP contribution in [0.2, 0.25) is 0 Å². The summed E-state index contributed by atoms with van der Waals surface area (Å²) >= 11 is 0. The Kier molecular flexibility index (Phi) is 7.43. The minimum atomic E-state index is -0.321. The van der Waals surface area contributed by atoms with Crippen LogP contribution in [0.3, 0.4) is 0 Å². The first-order chi connectivity index (χ1) is 14.0. The second kappa shape index (κ2) is 10.0. The Morgan fingerprint density at radius 1 is 1.07 bits per heavy atom. The van der Waals surface area contributed by atoms with Gasteiger partial charge in [-0.05, 0) is 80.1 Å². The molecule has 1 fully saturated rings. The maximum atomic E-state index is 13.4. The van der Waals surface area contributed by atoms with E-state index in [0.717, 1.165) is 44.6 Å². The van der Waals surface area contributed by atoms with Crippen LogP contribution in [0.4, 0.5) is 10.1 Å². The molecule has 3 nitrogen and oxygen atoms in total. The minimum absolute atomic E-state index is 0.0464. The Morgan fingerprint density at radius 3 is 2.24 bits per heavy atom. The second-order valence-corrected chi connectivity index (χ2v) is 8.46. The number of carbonyl (C=O) groups excluding carboxylic acids is 1. The van der Waals surface area contributed by atoms with Gasteiger partial charge in [-0.3, -0.25) is 4.79 Å². The van der Waals surface area contributed by atoms with Crippen molar-refractivity contribution in [3.05, 3.63) is 65.5 Å². The van der Waals surface area contributed by atoms with E-state index in [9.17, 15) is 9.18 Å². The van der Waals surface area contributed by atoms with Crippen molar-refractivity contribution in [2.75, 3.05) is 24.5 Å². The van der Waals surface area contributed by atoms with Gasteiger partial charge in [0, 0.05) is 30.4 Å². The first-order valence-corrected chi connectivity index (χ1v) is 10.9. The van der Waals surface area contributed by atoms with Crippen molar-refractivity contribution < 1.29 is 9.18 Å². The molecule has 0 saturated carbocycles. The fraction of sp³-hybridized carbons (Fsp3) is 0.480. The molecule has 1 heterocycles. The van der Waals surface area contributed by atoms with Crippen molar-refractivity contribution in [1.82, 2.24) is 4.90 Å². The topological polar surface area (TPSA) is 23.6 Å². The van der Waals surface area contributed by atoms with Gasteiger partial charge in [-0.25, -0.2) is 4.39 Å². The van der Waals surface area contributed by atoms with Crippen LogP contribution in [-0.2, 0) is 6.42 Å². The van der Waals surface area contributed by atoms with E-state index in [1.807, 2.05) is 17.0 Å². The molecule has 0 atom stereocenters. The summed E-state index contributed by atoms with van der Waals surface area (Å²) in [7, 11) is 0. The molecule has 29 heavy (non-hydrogen) atoms. The Labute approximate surface area is 174 Å². The summed E-state index contributed by atoms with van der Waals surface area (Å²) in [6, 6.07) is 14.3. The van der Waals surface area contributed by atoms with Gasteiger partial charge in [0.2, 0.25) is 0 Å². The second-order valence-electron chi connectivity index (χ2n) is 8.46. The van der Waals surface area contributed by atoms with Crippen molar-refractivity contribution in [3.8, 4) is 0 Å². The van der Waals surface area contributed by atoms with Crippen LogP contribution in [0.25, 0.3) is 0 Å². The normalized spacial score (nSPS) is 15.6. The van der Waals surface area contributed by atoms with E-state index < -0.39 is 0 Å². The molecule has 1 saturated heterocycles. The Bertz CT molecular complexity index is 777. The number of piperidine rings is 1. The number of likely N-dealkylation sites (tertiary alicyclic amines) is 1. The lowest BCUT2D eigenvalue weighted by molar-refractivity contribution is 0.0959. The average molecular weight is 397 g/mol. The third kappa shape index (κ3) is 5.66. The van der Waals surface area contributed by atoms with Crippen LogP contribution >= 0.6 is 0 Å². The number of benzene rings is 2. The summed E-state index contributed by atoms with van der Waals surface area (Å²) in [5.41, 5.74) is 2.72. The third-order valence-electron chi connectivity index (χ3n) is 5.88. The summed E-state index contributed by atoms with van der Waals surface area (Å²) < 4.78 is 13.4. The number of rotatable bonds is 7. The van der Waals surface area contributed by atoms with E-state index in [2.05, 4.69) is 37.8 Å². The highest BCUT2D eigenvalue weighted by atomic mass is 19.1. The van der Waals surface area contributed by atoms with Crippen molar-refractivity contribution >= 4 is 11.6 Å². The summed E-state index contributed by atoms with van der Waals surface area (Å²) in [6.45, 7) is 9.80. The van der Waals surface area contributed by atoms with Gasteiger partial charge < -0.3 is 9.80 Å². The van der Waals surface area contributed by atoms with Crippen molar-refractivity contribution in [1.29, 1.82) is 0 Å². The van der Waals surface area contributed by atoms with Crippen molar-refractivity contribution in [2.45, 2.75) is 52.5 Å². The molecule has 0 spiro atoms. The van der Waals surface area contributed by atoms with Crippen molar-refractivity contribution in [2.24, 2.45) is 5.92 Å². The standard InChI is InChI=1S/C25H33FN2O/c1-4-20-5-11-23(12-6-20)28(25(29)21-7-9-22(26)10-8-21)24-14-17-27(18-15-24)16-13-19(2)3/h5-12,19,24H,4,13-18H2,1-3H3. The molecule has 0 aromatic heterocycles. The van der Waals surface area contributed by atoms with E-state index >= 15 is 0 Å². The Hall–Kier alpha value is -2.20. The Balaban J connectivity index is 1.79. The molecule has 1 amide bonds. The van der Waals surface area contributed by atoms with Gasteiger partial charge in [0.1, 0.15) is 5.82 Å². The van der Waals surface area contributed by atoms with Gasteiger partial charge in [-0.1, -0.05) is 32.9 Å². The van der Waals surface area contributed by atoms with Crippen LogP contribution in [-0.4, -0.2) is 36.5 Å². The lowest BCUT2D eigenvalue weighted by Crippen LogP contribution is -2.48. The highest BCUT2D eigenvalue weighted by Crippen LogP contribution is 2.27. The van der Waals surface area contributed by atoms with Gasteiger partial charge >= 0.3 is 0 Å². The molecule has 2 aromatic carbocycles. The molecule has 0 unspecified atom stereocenters. The molecular weight excluding hydrogens is 363 g/mol. The van der Waals surface area contributed by atoms with Crippen LogP contribution in [0.5, 0.6) is 0 Å². The molecule has 0 radical (unpaired) electrons. The summed E-state index contributed by atoms with van der Waals surface area (Å²) in [5, 5.41) is 0. The number of anilines is 1. The van der Waals surface area contributed by atoms with Gasteiger partial charge in [0.15, 0.2) is 0 Å². The highest BCUT2D eigenvalue weighted by Gasteiger charge is 2.29. The molecule has 156 valence electrons. The van der Waals surface area contributed by atoms with E-state index in [0.29, 0.717) is 11.5 Å². The monoisotopic (exact) mass is 396 g/mol. The summed E-state index contributed by atoms with van der Waals surface area (Å²) in [6.07, 6.45) is 4.10. The van der Waals surface area contributed by atoms with Crippen molar-refractivity contribution in [3.63, 3.8) is 0 Å². The Morgan fingerprint density at radius 2 is 1.69 bits per heavy atom. The lowest BCUT2D eigenvalue weighted by atomic mass is 9.99. The third-order valence-corrected chi connectivity index (χ3v) is 5.88. The highest BCUT2D eigenvalue weighted by molar-refractivity contribution is 6.06. The molecular formula is C25H33FN2O. The predicted molar refractivity (Wildman–Crippen MR) is 118 cm³/mol. The molecule has 0 N–H and O–H groups in total. The summed E-state index contributed by atoms with van der Waals surface area (Å²) in [5.74, 6) is 0.343. The maximum Gasteiger partial charge on any atom is 0.258 e. The van der Waals surface area contributed by atoms with E-state index in [1.54, 1.807) is 12.1 Å². The van der Waals surface area contributed by atoms with Gasteiger partial charge in [-0.2, -0.15) is 0 Å². The summed E-state index contributed by atoms with van der Waals surface area (Å²) in [4.78, 5) is 17.8. The number of aryl methyl sites for hydroxylation is 1. The van der Waals surface area contributed by atoms with E-state index in [-0.39, 0.29) is 17.8 Å². The number of hydrogen-bond donors (Lipinski definition) is 0. The van der Waals surface area contributed by atoms with Crippen LogP contribution < -0.4 is 4.90 Å². The zero-order chi connectivity index (χ0) is 20.8. The zero-order valence-electron chi connectivity index (χ0n) is 17.9. The molecule has 3 rings (SSSR count). The van der Waals surface area contributed by atoms with E-state index in [1.165, 1.54) is 24.1 Å². The molecule has 4 heteroatoms. The van der Waals surface area contributed by atoms with Gasteiger partial charge in [0.25, 0.3) is 5.91 Å². The quantitative estimate of drug-likeness (QED) is 0.613. The number of hydrogen-bond acceptors (Lipinski definition) is 2. The predicted octanol–water partition coefficient (Wildman–Crippen LogP) is 5.55. The SMILES string of the molecule is CCc1ccc(N(C(=O)c2ccc(F)cc2)C2CCN(CCC(C)C)CC2)cc1. The van der Waals surface area contributed by atoms with Crippen LogP contribution in [0.1, 0.15) is 56.0 Å². The van der Waals surface area contributed by atoms with E-state index in [4.69, 9.17) is 0 Å². The number of nitrogens with zero attached hydrogens (tertiary/aromatic N) is 2. The molecule has 1 aliphatic heterocycles. The van der Waals surface area contributed by atoms with Gasteiger partial charge in [0.05, 0.1) is 0 Å². The fourth-order valence-electron chi connectivity index (χ4n) is 3.96. The molecule has 2 aromatic rings. The lowest BCUT2D eigenvalue weighted by Gasteiger charge is -2.39. The largest absolute Gasteiger partial charge is 0.305 e. The maximum absolute atomic E-state index is 13.4. The first kappa shape index (κ1) is 21.5. The zero-order valence-corrected chi connectivity index (χ0v) is 17.9. The van der Waals surface area contributed by atoms with Crippen LogP contribution in [0, 0.1) is 11.7 Å². The average Bonchev–Trinajstić information content (AvgIpc) is 2.74. The number of carbonyl (C=O) groups is 1. The minimum Gasteiger partial charge on any atom is -0.305 e. The first-order valence-electron chi connectivity index (χ1n) is 10.9. The van der Waals surface area contributed by atoms with Crippen LogP contribution in [0.15, 0.2) is 48.5 Å². The fourth-order valence-corrected chi connectivity index (χ4v) is 3.96. The molecule has 0 bridgehead atoms. The molecule has 1 aliphatic rings. The molecule has 0 aliphatic carbocycles.